The predicted octanol–water partition coefficient (Wildman–Crippen LogP) is 1.76. The number of rotatable bonds is 9. The van der Waals surface area contributed by atoms with Crippen LogP contribution in [0.1, 0.15) is 24.2 Å². The zero-order valence-corrected chi connectivity index (χ0v) is 24.3. The molecule has 14 heteroatoms. The Morgan fingerprint density at radius 1 is 1.18 bits per heavy atom. The molecule has 12 nitrogen and oxygen atoms in total. The third kappa shape index (κ3) is 6.14. The molecule has 0 aliphatic carbocycles. The van der Waals surface area contributed by atoms with E-state index in [4.69, 9.17) is 4.74 Å². The molecule has 40 heavy (non-hydrogen) atoms. The zero-order chi connectivity index (χ0) is 29.2. The number of aryl methyl sites for hydroxylation is 1. The van der Waals surface area contributed by atoms with Crippen LogP contribution >= 0.6 is 0 Å². The number of nitrogens with one attached hydrogen (secondary N) is 1. The first-order chi connectivity index (χ1) is 18.8. The molecule has 2 heterocycles. The second kappa shape index (κ2) is 11.6. The number of sulfonamides is 2. The number of anilines is 1. The number of likely N-dealkylation sites (N-methyl/N-ethyl adjacent to an activating group) is 1. The maximum absolute atomic E-state index is 13.6. The number of carbonyl (C=O) groups excluding carboxylic acids is 1. The van der Waals surface area contributed by atoms with Gasteiger partial charge in [-0.2, -0.15) is 4.31 Å². The molecule has 4 rings (SSSR count). The van der Waals surface area contributed by atoms with Crippen LogP contribution in [-0.4, -0.2) is 85.5 Å². The summed E-state index contributed by atoms with van der Waals surface area (Å²) in [5.41, 5.74) is 0.233. The minimum atomic E-state index is -3.92. The van der Waals surface area contributed by atoms with E-state index in [9.17, 15) is 26.7 Å². The Hall–Kier alpha value is -3.46. The maximum atomic E-state index is 13.6. The molecule has 216 valence electrons. The fourth-order valence-electron chi connectivity index (χ4n) is 4.35. The number of fused-ring (bicyclic) bond motifs is 1. The molecular weight excluding hydrogens is 558 g/mol. The second-order valence-electron chi connectivity index (χ2n) is 9.92. The molecule has 3 atom stereocenters. The molecule has 1 aliphatic heterocycles. The molecule has 2 aromatic carbocycles. The second-order valence-corrected chi connectivity index (χ2v) is 13.6. The number of ether oxygens (including phenoxy) is 1. The molecule has 0 unspecified atom stereocenters. The molecule has 0 saturated carbocycles. The first-order valence-electron chi connectivity index (χ1n) is 12.6. The van der Waals surface area contributed by atoms with Crippen LogP contribution in [0.25, 0.3) is 0 Å². The number of nitrogens with zero attached hydrogens (tertiary/aromatic N) is 4. The van der Waals surface area contributed by atoms with Gasteiger partial charge in [0.15, 0.2) is 5.03 Å². The molecule has 0 radical (unpaired) electrons. The van der Waals surface area contributed by atoms with Crippen LogP contribution in [0.2, 0.25) is 0 Å². The number of amides is 1. The number of aliphatic hydroxyl groups excluding tert-OH is 1. The zero-order valence-electron chi connectivity index (χ0n) is 22.6. The van der Waals surface area contributed by atoms with Gasteiger partial charge in [-0.3, -0.25) is 9.52 Å². The fourth-order valence-corrected chi connectivity index (χ4v) is 6.56. The van der Waals surface area contributed by atoms with Crippen molar-refractivity contribution in [1.82, 2.24) is 18.8 Å². The number of benzene rings is 2. The van der Waals surface area contributed by atoms with Gasteiger partial charge in [0.1, 0.15) is 11.9 Å². The van der Waals surface area contributed by atoms with Gasteiger partial charge in [-0.25, -0.2) is 21.8 Å². The minimum absolute atomic E-state index is 0.0442. The highest BCUT2D eigenvalue weighted by molar-refractivity contribution is 7.92. The van der Waals surface area contributed by atoms with E-state index in [1.165, 1.54) is 59.4 Å². The van der Waals surface area contributed by atoms with E-state index in [2.05, 4.69) is 9.71 Å². The van der Waals surface area contributed by atoms with Crippen molar-refractivity contribution >= 4 is 31.6 Å². The quantitative estimate of drug-likeness (QED) is 0.382. The molecule has 0 fully saturated rings. The molecule has 1 amide bonds. The van der Waals surface area contributed by atoms with Gasteiger partial charge in [0.05, 0.1) is 36.0 Å². The van der Waals surface area contributed by atoms with Gasteiger partial charge in [-0.05, 0) is 37.3 Å². The van der Waals surface area contributed by atoms with Crippen LogP contribution < -0.4 is 9.46 Å². The summed E-state index contributed by atoms with van der Waals surface area (Å²) in [4.78, 5) is 19.2. The standard InChI is InChI=1S/C26H33N5O7S2/c1-18-13-31(19(2)16-32)26(33)22-12-20(28-39(34,35)21-8-6-5-7-9-21)10-11-23(22)38-24(18)14-30(4)40(36,37)25-15-29(3)17-27-25/h5-12,15,17-19,24,28,32H,13-14,16H2,1-4H3/t18-,19-,24-/m0/s1. The summed E-state index contributed by atoms with van der Waals surface area (Å²) >= 11 is 0. The molecule has 2 N–H and O–H groups in total. The summed E-state index contributed by atoms with van der Waals surface area (Å²) in [6.45, 7) is 3.36. The lowest BCUT2D eigenvalue weighted by molar-refractivity contribution is 0.0387. The van der Waals surface area contributed by atoms with Crippen molar-refractivity contribution in [3.8, 4) is 5.75 Å². The Labute approximate surface area is 234 Å². The van der Waals surface area contributed by atoms with Crippen molar-refractivity contribution in [3.63, 3.8) is 0 Å². The molecular formula is C26H33N5O7S2. The summed E-state index contributed by atoms with van der Waals surface area (Å²) < 4.78 is 63.4. The summed E-state index contributed by atoms with van der Waals surface area (Å²) in [6, 6.07) is 11.6. The molecule has 1 aromatic heterocycles. The van der Waals surface area contributed by atoms with Crippen molar-refractivity contribution in [2.24, 2.45) is 13.0 Å². The molecule has 3 aromatic rings. The highest BCUT2D eigenvalue weighted by Crippen LogP contribution is 2.32. The number of carbonyl (C=O) groups is 1. The van der Waals surface area contributed by atoms with Gasteiger partial charge in [-0.15, -0.1) is 0 Å². The van der Waals surface area contributed by atoms with Gasteiger partial charge in [0, 0.05) is 38.4 Å². The Kier molecular flexibility index (Phi) is 8.54. The number of hydrogen-bond acceptors (Lipinski definition) is 8. The van der Waals surface area contributed by atoms with Gasteiger partial charge in [-0.1, -0.05) is 25.1 Å². The summed E-state index contributed by atoms with van der Waals surface area (Å²) in [7, 11) is -4.73. The minimum Gasteiger partial charge on any atom is -0.488 e. The fraction of sp³-hybridized carbons (Fsp3) is 0.385. The summed E-state index contributed by atoms with van der Waals surface area (Å²) in [5.74, 6) is -0.608. The predicted molar refractivity (Wildman–Crippen MR) is 148 cm³/mol. The van der Waals surface area contributed by atoms with Gasteiger partial charge >= 0.3 is 0 Å². The number of imidazole rings is 1. The van der Waals surface area contributed by atoms with Crippen LogP contribution in [0.3, 0.4) is 0 Å². The van der Waals surface area contributed by atoms with E-state index in [1.807, 2.05) is 6.92 Å². The van der Waals surface area contributed by atoms with Crippen LogP contribution in [0.5, 0.6) is 5.75 Å². The largest absolute Gasteiger partial charge is 0.488 e. The highest BCUT2D eigenvalue weighted by atomic mass is 32.2. The van der Waals surface area contributed by atoms with E-state index < -0.39 is 38.1 Å². The van der Waals surface area contributed by atoms with Crippen LogP contribution in [0.4, 0.5) is 5.69 Å². The van der Waals surface area contributed by atoms with Crippen molar-refractivity contribution in [2.75, 3.05) is 31.5 Å². The topological polar surface area (TPSA) is 151 Å². The molecule has 0 bridgehead atoms. The maximum Gasteiger partial charge on any atom is 0.261 e. The van der Waals surface area contributed by atoms with Crippen molar-refractivity contribution in [1.29, 1.82) is 0 Å². The van der Waals surface area contributed by atoms with E-state index >= 15 is 0 Å². The summed E-state index contributed by atoms with van der Waals surface area (Å²) in [6.07, 6.45) is 2.12. The van der Waals surface area contributed by atoms with Crippen molar-refractivity contribution in [2.45, 2.75) is 35.9 Å². The van der Waals surface area contributed by atoms with E-state index in [0.717, 1.165) is 4.31 Å². The monoisotopic (exact) mass is 591 g/mol. The smallest absolute Gasteiger partial charge is 0.261 e. The Morgan fingerprint density at radius 2 is 1.88 bits per heavy atom. The van der Waals surface area contributed by atoms with Crippen LogP contribution in [0, 0.1) is 5.92 Å². The Balaban J connectivity index is 1.68. The highest BCUT2D eigenvalue weighted by Gasteiger charge is 2.36. The first-order valence-corrected chi connectivity index (χ1v) is 15.5. The van der Waals surface area contributed by atoms with E-state index in [-0.39, 0.29) is 52.5 Å². The van der Waals surface area contributed by atoms with Crippen molar-refractivity contribution in [3.05, 3.63) is 66.6 Å². The first kappa shape index (κ1) is 29.5. The summed E-state index contributed by atoms with van der Waals surface area (Å²) in [5, 5.41) is 9.77. The Morgan fingerprint density at radius 3 is 2.50 bits per heavy atom. The number of aliphatic hydroxyl groups is 1. The lowest BCUT2D eigenvalue weighted by atomic mass is 9.99. The number of hydrogen-bond donors (Lipinski definition) is 2. The third-order valence-corrected chi connectivity index (χ3v) is 9.87. The lowest BCUT2D eigenvalue weighted by Crippen LogP contribution is -2.50. The molecule has 0 spiro atoms. The van der Waals surface area contributed by atoms with Crippen molar-refractivity contribution < 1.29 is 31.5 Å². The molecule has 1 aliphatic rings. The van der Waals surface area contributed by atoms with E-state index in [0.29, 0.717) is 0 Å². The van der Waals surface area contributed by atoms with Gasteiger partial charge in [0.25, 0.3) is 26.0 Å². The third-order valence-electron chi connectivity index (χ3n) is 6.76. The van der Waals surface area contributed by atoms with E-state index in [1.54, 1.807) is 32.2 Å². The van der Waals surface area contributed by atoms with Gasteiger partial charge in [0.2, 0.25) is 0 Å². The van der Waals surface area contributed by atoms with Crippen LogP contribution in [0.15, 0.2) is 71.0 Å². The van der Waals surface area contributed by atoms with Gasteiger partial charge < -0.3 is 19.3 Å². The SMILES string of the molecule is C[C@H]1CN([C@@H](C)CO)C(=O)c2cc(NS(=O)(=O)c3ccccc3)ccc2O[C@H]1CN(C)S(=O)(=O)c1cn(C)cn1. The average molecular weight is 592 g/mol. The molecule has 0 saturated heterocycles. The normalized spacial score (nSPS) is 18.9. The average Bonchev–Trinajstić information content (AvgIpc) is 3.38. The Bertz CT molecular complexity index is 1580. The number of aromatic nitrogens is 2. The van der Waals surface area contributed by atoms with Crippen LogP contribution in [-0.2, 0) is 27.1 Å². The lowest BCUT2D eigenvalue weighted by Gasteiger charge is -2.38.